The Hall–Kier alpha value is -1.95. The molecule has 23 heavy (non-hydrogen) atoms. The fourth-order valence-corrected chi connectivity index (χ4v) is 4.63. The van der Waals surface area contributed by atoms with E-state index >= 15 is 0 Å². The minimum atomic E-state index is -0.192. The lowest BCUT2D eigenvalue weighted by atomic mass is 9.90. The van der Waals surface area contributed by atoms with E-state index in [-0.39, 0.29) is 11.7 Å². The highest BCUT2D eigenvalue weighted by atomic mass is 32.2. The molecule has 0 saturated heterocycles. The van der Waals surface area contributed by atoms with Crippen molar-refractivity contribution in [1.29, 1.82) is 0 Å². The summed E-state index contributed by atoms with van der Waals surface area (Å²) in [6.45, 7) is 1.44. The van der Waals surface area contributed by atoms with E-state index in [9.17, 15) is 9.90 Å². The third kappa shape index (κ3) is 2.51. The van der Waals surface area contributed by atoms with Crippen molar-refractivity contribution < 1.29 is 9.90 Å². The Morgan fingerprint density at radius 1 is 1.39 bits per heavy atom. The van der Waals surface area contributed by atoms with Crippen LogP contribution >= 0.6 is 11.8 Å². The van der Waals surface area contributed by atoms with Gasteiger partial charge in [-0.25, -0.2) is 0 Å². The first-order valence-electron chi connectivity index (χ1n) is 7.98. The lowest BCUT2D eigenvalue weighted by molar-refractivity contribution is -0.114. The molecule has 1 aliphatic carbocycles. The predicted octanol–water partition coefficient (Wildman–Crippen LogP) is 3.38. The number of aliphatic imine (C=N–C) groups is 1. The van der Waals surface area contributed by atoms with Gasteiger partial charge in [0.05, 0.1) is 23.5 Å². The number of nitrogens with one attached hydrogen (secondary N) is 1. The van der Waals surface area contributed by atoms with E-state index in [1.807, 2.05) is 12.1 Å². The first kappa shape index (κ1) is 14.6. The Labute approximate surface area is 139 Å². The Bertz CT molecular complexity index is 729. The van der Waals surface area contributed by atoms with E-state index in [2.05, 4.69) is 15.6 Å². The number of phenolic OH excluding ortho intramolecular Hbond substituents is 1. The molecule has 4 rings (SSSR count). The summed E-state index contributed by atoms with van der Waals surface area (Å²) < 4.78 is 0. The van der Waals surface area contributed by atoms with Crippen LogP contribution < -0.4 is 5.32 Å². The number of carbonyl (C=O) groups is 1. The predicted molar refractivity (Wildman–Crippen MR) is 93.3 cm³/mol. The van der Waals surface area contributed by atoms with Crippen molar-refractivity contribution in [2.24, 2.45) is 4.99 Å². The van der Waals surface area contributed by atoms with Crippen LogP contribution in [-0.2, 0) is 4.79 Å². The molecule has 6 heteroatoms. The topological polar surface area (TPSA) is 64.9 Å². The van der Waals surface area contributed by atoms with E-state index < -0.39 is 0 Å². The van der Waals surface area contributed by atoms with Crippen molar-refractivity contribution in [3.63, 3.8) is 0 Å². The summed E-state index contributed by atoms with van der Waals surface area (Å²) in [6.07, 6.45) is 4.87. The van der Waals surface area contributed by atoms with Gasteiger partial charge in [0.1, 0.15) is 5.75 Å². The van der Waals surface area contributed by atoms with Gasteiger partial charge in [-0.1, -0.05) is 24.6 Å². The Balaban J connectivity index is 1.66. The summed E-state index contributed by atoms with van der Waals surface area (Å²) >= 11 is 1.67. The first-order chi connectivity index (χ1) is 11.1. The number of hydrogen-bond acceptors (Lipinski definition) is 5. The number of nitrogens with zero attached hydrogens (tertiary/aromatic N) is 2. The zero-order valence-electron chi connectivity index (χ0n) is 13.0. The van der Waals surface area contributed by atoms with Crippen LogP contribution in [0.4, 0.5) is 5.69 Å². The summed E-state index contributed by atoms with van der Waals surface area (Å²) in [5.74, 6) is -0.107. The smallest absolute Gasteiger partial charge is 0.221 e. The molecule has 1 saturated carbocycles. The minimum Gasteiger partial charge on any atom is -0.506 e. The van der Waals surface area contributed by atoms with Crippen LogP contribution in [0.1, 0.15) is 38.2 Å². The highest BCUT2D eigenvalue weighted by Gasteiger charge is 2.42. The van der Waals surface area contributed by atoms with E-state index in [1.165, 1.54) is 32.6 Å². The minimum absolute atomic E-state index is 0.0843. The molecule has 2 N–H and O–H groups in total. The number of hydrogen-bond donors (Lipinski definition) is 2. The van der Waals surface area contributed by atoms with Gasteiger partial charge in [-0.05, 0) is 31.0 Å². The van der Waals surface area contributed by atoms with Gasteiger partial charge in [-0.15, -0.1) is 0 Å². The second kappa shape index (κ2) is 5.60. The molecule has 1 aromatic carbocycles. The number of aromatic hydroxyl groups is 1. The maximum absolute atomic E-state index is 11.3. The van der Waals surface area contributed by atoms with Crippen molar-refractivity contribution >= 4 is 34.2 Å². The number of benzene rings is 1. The van der Waals surface area contributed by atoms with E-state index in [1.54, 1.807) is 17.8 Å². The van der Waals surface area contributed by atoms with E-state index in [4.69, 9.17) is 4.99 Å². The highest BCUT2D eigenvalue weighted by molar-refractivity contribution is 8.16. The number of amidine groups is 1. The van der Waals surface area contributed by atoms with Gasteiger partial charge in [0.25, 0.3) is 0 Å². The molecule has 5 nitrogen and oxygen atoms in total. The van der Waals surface area contributed by atoms with Crippen molar-refractivity contribution in [1.82, 2.24) is 4.90 Å². The van der Waals surface area contributed by atoms with Crippen LogP contribution in [-0.4, -0.2) is 33.2 Å². The monoisotopic (exact) mass is 329 g/mol. The fourth-order valence-electron chi connectivity index (χ4n) is 3.62. The molecule has 0 radical (unpaired) electrons. The van der Waals surface area contributed by atoms with Crippen molar-refractivity contribution in [2.75, 3.05) is 5.32 Å². The molecule has 0 unspecified atom stereocenters. The van der Waals surface area contributed by atoms with Crippen LogP contribution in [0, 0.1) is 0 Å². The molecule has 0 aromatic heterocycles. The third-order valence-corrected chi connectivity index (χ3v) is 5.50. The maximum atomic E-state index is 11.3. The number of amides is 1. The molecular weight excluding hydrogens is 310 g/mol. The number of carbonyl (C=O) groups excluding carboxylic acids is 1. The van der Waals surface area contributed by atoms with Gasteiger partial charge < -0.3 is 15.3 Å². The molecule has 120 valence electrons. The van der Waals surface area contributed by atoms with Crippen LogP contribution in [0.5, 0.6) is 5.75 Å². The molecule has 0 bridgehead atoms. The van der Waals surface area contributed by atoms with Crippen LogP contribution in [0.2, 0.25) is 0 Å². The van der Waals surface area contributed by atoms with Gasteiger partial charge in [0.2, 0.25) is 5.91 Å². The van der Waals surface area contributed by atoms with Gasteiger partial charge in [-0.3, -0.25) is 9.79 Å². The SMILES string of the molecule is CC(=O)Nc1cc(C2=CSC3=N[C@H]4CCCC[C@@H]4N23)ccc1O. The summed E-state index contributed by atoms with van der Waals surface area (Å²) in [7, 11) is 0. The Kier molecular flexibility index (Phi) is 3.56. The quantitative estimate of drug-likeness (QED) is 0.817. The number of thioether (sulfide) groups is 1. The van der Waals surface area contributed by atoms with E-state index in [0.717, 1.165) is 16.4 Å². The molecular formula is C17H19N3O2S. The van der Waals surface area contributed by atoms with Gasteiger partial charge in [0, 0.05) is 17.9 Å². The van der Waals surface area contributed by atoms with Crippen LogP contribution in [0.25, 0.3) is 5.70 Å². The standard InChI is InChI=1S/C17H19N3O2S/c1-10(21)18-13-8-11(6-7-16(13)22)15-9-23-17-19-12-4-2-3-5-14(12)20(15)17/h6-9,12,14,22H,2-5H2,1H3,(H,18,21)/t12-,14-/m0/s1. The molecule has 2 aliphatic heterocycles. The summed E-state index contributed by atoms with van der Waals surface area (Å²) in [5, 5.41) is 15.8. The Morgan fingerprint density at radius 3 is 3.04 bits per heavy atom. The average Bonchev–Trinajstić information content (AvgIpc) is 3.08. The summed E-state index contributed by atoms with van der Waals surface area (Å²) in [5.41, 5.74) is 2.57. The molecule has 1 amide bonds. The Morgan fingerprint density at radius 2 is 2.22 bits per heavy atom. The number of fused-ring (bicyclic) bond motifs is 3. The molecule has 1 fully saturated rings. The highest BCUT2D eigenvalue weighted by Crippen LogP contribution is 2.44. The summed E-state index contributed by atoms with van der Waals surface area (Å²) in [4.78, 5) is 18.5. The van der Waals surface area contributed by atoms with Crippen molar-refractivity contribution in [3.8, 4) is 5.75 Å². The van der Waals surface area contributed by atoms with Gasteiger partial charge in [-0.2, -0.15) is 0 Å². The van der Waals surface area contributed by atoms with Crippen LogP contribution in [0.15, 0.2) is 28.6 Å². The fraction of sp³-hybridized carbons (Fsp3) is 0.412. The lowest BCUT2D eigenvalue weighted by Gasteiger charge is -2.32. The normalized spacial score (nSPS) is 25.5. The largest absolute Gasteiger partial charge is 0.506 e. The van der Waals surface area contributed by atoms with Gasteiger partial charge >= 0.3 is 0 Å². The number of rotatable bonds is 2. The van der Waals surface area contributed by atoms with Crippen molar-refractivity contribution in [2.45, 2.75) is 44.7 Å². The molecule has 0 spiro atoms. The zero-order valence-corrected chi connectivity index (χ0v) is 13.8. The first-order valence-corrected chi connectivity index (χ1v) is 8.86. The number of anilines is 1. The third-order valence-electron chi connectivity index (χ3n) is 4.65. The molecule has 1 aromatic rings. The molecule has 2 heterocycles. The average molecular weight is 329 g/mol. The second-order valence-corrected chi connectivity index (χ2v) is 7.07. The maximum Gasteiger partial charge on any atom is 0.221 e. The van der Waals surface area contributed by atoms with Crippen LogP contribution in [0.3, 0.4) is 0 Å². The lowest BCUT2D eigenvalue weighted by Crippen LogP contribution is -2.38. The number of phenols is 1. The zero-order chi connectivity index (χ0) is 16.0. The molecule has 3 aliphatic rings. The molecule has 2 atom stereocenters. The summed E-state index contributed by atoms with van der Waals surface area (Å²) in [6, 6.07) is 6.24. The van der Waals surface area contributed by atoms with E-state index in [0.29, 0.717) is 17.8 Å². The van der Waals surface area contributed by atoms with Gasteiger partial charge in [0.15, 0.2) is 5.17 Å². The second-order valence-electron chi connectivity index (χ2n) is 6.23. The van der Waals surface area contributed by atoms with Crippen molar-refractivity contribution in [3.05, 3.63) is 29.2 Å².